The molecule has 0 unspecified atom stereocenters. The number of nitrogens with one attached hydrogen (secondary N) is 21. The van der Waals surface area contributed by atoms with Gasteiger partial charge >= 0.3 is 11.9 Å². The lowest BCUT2D eigenvalue weighted by Crippen LogP contribution is -2.62. The summed E-state index contributed by atoms with van der Waals surface area (Å²) in [6, 6.07) is -29.1. The minimum atomic E-state index is -2.07. The standard InChI is InChI=1S/C87H149N27O29/c1-14-44(10)67(112-78(134)54(29-42(6)7)103-76(132)53(28-41(4)5)102-72(128)49(19-15-16-24-88)100-81(137)61-21-18-26-114(61)85(141)51(20-17-25-94-87(91)92)101-73(129)50(22-23-62(90)120)99-63(121)32-89)83(139)106-55(30-48-33-93-39-96-48)77(133)104-56(31-65(123)124)75(131)98-46(12)70(126)108-59(37-117)80(136)113-68(47(13)119)84(140)105-52(27-40(2)3)74(130)97-45(11)69(125)107-57(35-115)71(127)95-34-64(122)111-66(43(8)9)82(138)109-58(36-116)79(135)110-60(38-118)86(142)143/h33,39-47,49-61,66-68,115-119H,14-32,34-38,88-89H2,1-13H3,(H2,90,120)(H,93,96)(H,95,127)(H,97,130)(H,98,131)(H,99,121)(H,100,137)(H,101,129)(H,102,128)(H,103,132)(H,104,133)(H,105,140)(H,106,139)(H,107,125)(H,108,126)(H,109,138)(H,110,135)(H,111,122)(H,112,134)(H,113,136)(H,123,124)(H,142,143)(H4,91,92,94)/t44-,45-,46-,47+,49-,50-,51-,52-,53-,54-,55-,56-,57-,58-,59-,60-,61-,66-,67-,68-/m0/s1. The molecule has 1 aromatic rings. The van der Waals surface area contributed by atoms with E-state index in [4.69, 9.17) is 33.5 Å². The average molecular weight is 2040 g/mol. The van der Waals surface area contributed by atoms with Crippen LogP contribution < -0.4 is 124 Å². The van der Waals surface area contributed by atoms with Crippen molar-refractivity contribution in [1.29, 1.82) is 5.41 Å². The number of aliphatic carboxylic acids is 2. The average Bonchev–Trinajstić information content (AvgIpc) is 1.68. The minimum Gasteiger partial charge on any atom is -0.481 e. The highest BCUT2D eigenvalue weighted by Gasteiger charge is 2.44. The fourth-order valence-electron chi connectivity index (χ4n) is 14.4. The lowest BCUT2D eigenvalue weighted by Gasteiger charge is -2.31. The number of amides is 20. The maximum absolute atomic E-state index is 14.8. The molecule has 20 atom stereocenters. The number of aromatic nitrogens is 2. The van der Waals surface area contributed by atoms with Crippen molar-refractivity contribution >= 4 is 136 Å². The number of aliphatic hydroxyl groups excluding tert-OH is 5. The Kier molecular flexibility index (Phi) is 56.3. The van der Waals surface area contributed by atoms with Crippen LogP contribution in [0.5, 0.6) is 0 Å². The normalized spacial score (nSPS) is 16.3. The molecule has 2 rings (SSSR count). The molecular weight excluding hydrogens is 1890 g/mol. The van der Waals surface area contributed by atoms with E-state index in [9.17, 15) is 136 Å². The predicted molar refractivity (Wildman–Crippen MR) is 506 cm³/mol. The number of nitrogens with zero attached hydrogens (tertiary/aromatic N) is 2. The van der Waals surface area contributed by atoms with Gasteiger partial charge in [0.15, 0.2) is 5.96 Å². The van der Waals surface area contributed by atoms with Crippen molar-refractivity contribution in [3.05, 3.63) is 18.2 Å². The van der Waals surface area contributed by atoms with Crippen LogP contribution in [0.3, 0.4) is 0 Å². The summed E-state index contributed by atoms with van der Waals surface area (Å²) >= 11 is 0. The number of rotatable bonds is 67. The van der Waals surface area contributed by atoms with Crippen LogP contribution in [-0.2, 0) is 112 Å². The van der Waals surface area contributed by atoms with E-state index in [1.54, 1.807) is 55.4 Å². The molecular formula is C87H149N27O29. The number of hydrogen-bond acceptors (Lipinski definition) is 31. The highest BCUT2D eigenvalue weighted by molar-refractivity contribution is 6.03. The van der Waals surface area contributed by atoms with Crippen LogP contribution in [0.4, 0.5) is 0 Å². The number of aromatic amines is 1. The topological polar surface area (TPSA) is 906 Å². The van der Waals surface area contributed by atoms with E-state index in [1.807, 2.05) is 5.32 Å². The largest absolute Gasteiger partial charge is 0.481 e. The monoisotopic (exact) mass is 2040 g/mol. The van der Waals surface area contributed by atoms with E-state index in [0.29, 0.717) is 12.8 Å². The molecule has 1 aliphatic rings. The molecule has 0 radical (unpaired) electrons. The second-order valence-corrected chi connectivity index (χ2v) is 36.3. The van der Waals surface area contributed by atoms with Crippen LogP contribution >= 0.6 is 0 Å². The minimum absolute atomic E-state index is 0.0151. The quantitative estimate of drug-likeness (QED) is 0.0164. The number of likely N-dealkylation sites (tertiary alicyclic amines) is 1. The zero-order chi connectivity index (χ0) is 109. The Hall–Kier alpha value is -13.5. The van der Waals surface area contributed by atoms with Gasteiger partial charge in [0.25, 0.3) is 0 Å². The number of carboxylic acid groups (broad SMARTS) is 2. The Balaban J connectivity index is 2.37. The number of nitrogens with two attached hydrogens (primary N) is 4. The van der Waals surface area contributed by atoms with Crippen molar-refractivity contribution in [3.8, 4) is 0 Å². The first-order valence-electron chi connectivity index (χ1n) is 47.2. The number of carboxylic acids is 2. The summed E-state index contributed by atoms with van der Waals surface area (Å²) in [6.45, 7) is 14.1. The lowest BCUT2D eigenvalue weighted by molar-refractivity contribution is -0.143. The van der Waals surface area contributed by atoms with Gasteiger partial charge in [0, 0.05) is 32.1 Å². The number of hydrogen-bond donors (Lipinski definition) is 32. The molecule has 56 nitrogen and oxygen atoms in total. The second-order valence-electron chi connectivity index (χ2n) is 36.3. The molecule has 806 valence electrons. The van der Waals surface area contributed by atoms with Gasteiger partial charge in [-0.25, -0.2) is 9.78 Å². The number of primary amides is 1. The molecule has 1 fully saturated rings. The zero-order valence-corrected chi connectivity index (χ0v) is 82.8. The molecule has 2 heterocycles. The van der Waals surface area contributed by atoms with Crippen molar-refractivity contribution in [2.45, 2.75) is 301 Å². The molecule has 0 saturated carbocycles. The summed E-state index contributed by atoms with van der Waals surface area (Å²) in [5, 5.41) is 122. The number of imidazole rings is 1. The van der Waals surface area contributed by atoms with E-state index in [1.165, 1.54) is 31.3 Å². The van der Waals surface area contributed by atoms with Crippen molar-refractivity contribution in [3.63, 3.8) is 0 Å². The summed E-state index contributed by atoms with van der Waals surface area (Å²) in [7, 11) is 0. The van der Waals surface area contributed by atoms with Crippen LogP contribution in [0, 0.1) is 35.0 Å². The SMILES string of the molecule is CC[C@H](C)[C@H](NC(=O)[C@H](CC(C)C)NC(=O)[C@H](CC(C)C)NC(=O)[C@H](CCCCN)NC(=O)[C@@H]1CCCN1C(=O)[C@H](CCCNC(=N)N)NC(=O)[C@H](CCC(N)=O)NC(=O)CN)C(=O)N[C@@H](Cc1c[nH]cn1)C(=O)N[C@@H](CC(=O)O)C(=O)N[C@@H](C)C(=O)N[C@@H](CO)C(=O)N[C@H](C(=O)N[C@@H](CC(C)C)C(=O)N[C@@H](C)C(=O)N[C@@H](CO)C(=O)NCC(=O)N[C@H](C(=O)N[C@@H](CO)C(=O)N[C@@H](CO)C(=O)O)C(C)C)[C@@H](C)O. The molecule has 0 aliphatic carbocycles. The molecule has 0 spiro atoms. The Bertz CT molecular complexity index is 4470. The smallest absolute Gasteiger partial charge is 0.328 e. The third-order valence-corrected chi connectivity index (χ3v) is 22.5. The van der Waals surface area contributed by atoms with Crippen molar-refractivity contribution in [2.24, 2.45) is 52.5 Å². The van der Waals surface area contributed by atoms with E-state index in [-0.39, 0.29) is 114 Å². The fourth-order valence-corrected chi connectivity index (χ4v) is 14.4. The number of carbonyl (C=O) groups is 22. The molecule has 1 aromatic heterocycles. The number of carbonyl (C=O) groups excluding carboxylic acids is 20. The Morgan fingerprint density at radius 1 is 0.448 bits per heavy atom. The lowest BCUT2D eigenvalue weighted by atomic mass is 9.95. The van der Waals surface area contributed by atoms with Crippen molar-refractivity contribution < 1.29 is 141 Å². The molecule has 20 amide bonds. The number of H-pyrrole nitrogens is 1. The van der Waals surface area contributed by atoms with Crippen LogP contribution in [0.1, 0.15) is 186 Å². The first-order valence-corrected chi connectivity index (χ1v) is 47.2. The first kappa shape index (κ1) is 126. The summed E-state index contributed by atoms with van der Waals surface area (Å²) in [4.78, 5) is 307. The van der Waals surface area contributed by atoms with Gasteiger partial charge in [-0.1, -0.05) is 75.7 Å². The number of guanidine groups is 1. The van der Waals surface area contributed by atoms with Gasteiger partial charge in [0.05, 0.1) is 64.1 Å². The van der Waals surface area contributed by atoms with Gasteiger partial charge in [-0.3, -0.25) is 106 Å². The summed E-state index contributed by atoms with van der Waals surface area (Å²) in [6.07, 6.45) is -0.464. The van der Waals surface area contributed by atoms with E-state index >= 15 is 0 Å². The summed E-state index contributed by atoms with van der Waals surface area (Å²) < 4.78 is 0. The zero-order valence-electron chi connectivity index (χ0n) is 82.8. The third-order valence-electron chi connectivity index (χ3n) is 22.5. The van der Waals surface area contributed by atoms with Crippen LogP contribution in [0.2, 0.25) is 0 Å². The Labute approximate surface area is 826 Å². The molecule has 143 heavy (non-hydrogen) atoms. The molecule has 56 heteroatoms. The third kappa shape index (κ3) is 45.1. The summed E-state index contributed by atoms with van der Waals surface area (Å²) in [5.74, 6) is -26.7. The molecule has 36 N–H and O–H groups in total. The van der Waals surface area contributed by atoms with Crippen LogP contribution in [0.25, 0.3) is 0 Å². The van der Waals surface area contributed by atoms with Crippen LogP contribution in [-0.4, -0.2) is 361 Å². The van der Waals surface area contributed by atoms with Gasteiger partial charge in [-0.2, -0.15) is 0 Å². The first-order chi connectivity index (χ1) is 67.1. The maximum Gasteiger partial charge on any atom is 0.328 e. The fraction of sp³-hybridized carbons (Fsp3) is 0.701. The summed E-state index contributed by atoms with van der Waals surface area (Å²) in [5.41, 5.74) is 22.3. The van der Waals surface area contributed by atoms with Gasteiger partial charge in [0.2, 0.25) is 118 Å². The number of unbranched alkanes of at least 4 members (excludes halogenated alkanes) is 1. The predicted octanol–water partition coefficient (Wildman–Crippen LogP) is -12.3. The van der Waals surface area contributed by atoms with Crippen molar-refractivity contribution in [1.82, 2.24) is 116 Å². The highest BCUT2D eigenvalue weighted by atomic mass is 16.4. The second kappa shape index (κ2) is 64.1. The highest BCUT2D eigenvalue weighted by Crippen LogP contribution is 2.23. The van der Waals surface area contributed by atoms with E-state index < -0.39 is 315 Å². The van der Waals surface area contributed by atoms with Gasteiger partial charge < -0.3 is 170 Å². The Morgan fingerprint density at radius 2 is 0.867 bits per heavy atom. The van der Waals surface area contributed by atoms with Crippen LogP contribution in [0.15, 0.2) is 12.5 Å². The molecule has 0 aromatic carbocycles. The Morgan fingerprint density at radius 3 is 1.34 bits per heavy atom. The van der Waals surface area contributed by atoms with Crippen molar-refractivity contribution in [2.75, 3.05) is 59.2 Å². The molecule has 1 aliphatic heterocycles. The van der Waals surface area contributed by atoms with Gasteiger partial charge in [-0.05, 0) is 128 Å². The van der Waals surface area contributed by atoms with E-state index in [2.05, 4.69) is 106 Å². The van der Waals surface area contributed by atoms with E-state index in [0.717, 1.165) is 20.8 Å². The number of aliphatic hydroxyl groups is 5. The van der Waals surface area contributed by atoms with Gasteiger partial charge in [-0.15, -0.1) is 0 Å². The molecule has 1 saturated heterocycles. The van der Waals surface area contributed by atoms with Gasteiger partial charge in [0.1, 0.15) is 109 Å². The molecule has 0 bridgehead atoms. The maximum atomic E-state index is 14.8.